The fourth-order valence-electron chi connectivity index (χ4n) is 2.85. The monoisotopic (exact) mass is 419 g/mol. The minimum atomic E-state index is -0.860. The van der Waals surface area contributed by atoms with Gasteiger partial charge in [0.1, 0.15) is 6.04 Å². The third-order valence-corrected chi connectivity index (χ3v) is 5.64. The molecule has 148 valence electrons. The molecule has 0 spiro atoms. The van der Waals surface area contributed by atoms with E-state index in [1.165, 1.54) is 12.0 Å². The van der Waals surface area contributed by atoms with E-state index in [1.54, 1.807) is 50.2 Å². The topological polar surface area (TPSA) is 63.7 Å². The summed E-state index contributed by atoms with van der Waals surface area (Å²) in [5, 5.41) is 0.280. The van der Waals surface area contributed by atoms with Gasteiger partial charge >= 0.3 is 5.97 Å². The average molecular weight is 420 g/mol. The van der Waals surface area contributed by atoms with E-state index in [0.29, 0.717) is 21.8 Å². The van der Waals surface area contributed by atoms with E-state index in [2.05, 4.69) is 0 Å². The molecular weight excluding hydrogens is 398 g/mol. The maximum absolute atomic E-state index is 13.1. The first kappa shape index (κ1) is 22.0. The molecule has 1 atom stereocenters. The summed E-state index contributed by atoms with van der Waals surface area (Å²) in [6.45, 7) is 5.22. The van der Waals surface area contributed by atoms with Crippen LogP contribution in [0.15, 0.2) is 42.5 Å². The van der Waals surface area contributed by atoms with Crippen molar-refractivity contribution in [2.45, 2.75) is 26.8 Å². The molecule has 0 aliphatic rings. The number of carbonyl (C=O) groups excluding carboxylic acids is 3. The molecule has 0 fully saturated rings. The molecule has 0 bridgehead atoms. The number of methoxy groups -OCH3 is 1. The summed E-state index contributed by atoms with van der Waals surface area (Å²) in [5.74, 6) is -1.03. The highest BCUT2D eigenvalue weighted by molar-refractivity contribution is 8.14. The molecule has 0 aromatic heterocycles. The van der Waals surface area contributed by atoms with E-state index in [4.69, 9.17) is 16.3 Å². The van der Waals surface area contributed by atoms with E-state index in [9.17, 15) is 14.4 Å². The van der Waals surface area contributed by atoms with Crippen molar-refractivity contribution >= 4 is 46.0 Å². The minimum absolute atomic E-state index is 0.111. The predicted octanol–water partition coefficient (Wildman–Crippen LogP) is 4.42. The molecule has 5 nitrogen and oxygen atoms in total. The van der Waals surface area contributed by atoms with Crippen molar-refractivity contribution in [3.05, 3.63) is 64.2 Å². The molecular formula is C21H22ClNO4S. The van der Waals surface area contributed by atoms with Crippen LogP contribution >= 0.6 is 23.4 Å². The lowest BCUT2D eigenvalue weighted by Crippen LogP contribution is -2.45. The summed E-state index contributed by atoms with van der Waals surface area (Å²) in [6.07, 6.45) is 0. The lowest BCUT2D eigenvalue weighted by atomic mass is 10.1. The van der Waals surface area contributed by atoms with E-state index < -0.39 is 12.0 Å². The van der Waals surface area contributed by atoms with Crippen LogP contribution in [0, 0.1) is 13.8 Å². The van der Waals surface area contributed by atoms with Gasteiger partial charge < -0.3 is 4.74 Å². The van der Waals surface area contributed by atoms with Gasteiger partial charge in [-0.3, -0.25) is 14.5 Å². The van der Waals surface area contributed by atoms with Crippen LogP contribution in [0.25, 0.3) is 0 Å². The molecule has 0 radical (unpaired) electrons. The highest BCUT2D eigenvalue weighted by Gasteiger charge is 2.31. The molecule has 2 rings (SSSR count). The number of hydrogen-bond donors (Lipinski definition) is 0. The Bertz CT molecular complexity index is 885. The molecule has 2 aromatic rings. The number of rotatable bonds is 6. The summed E-state index contributed by atoms with van der Waals surface area (Å²) in [7, 11) is 1.27. The SMILES string of the molecule is COC(=O)[C@H](C)N(C(=O)CSC(=O)c1ccccc1)c1c(C)ccc(Cl)c1C. The number of anilines is 1. The second kappa shape index (κ2) is 9.75. The summed E-state index contributed by atoms with van der Waals surface area (Å²) in [6, 6.07) is 11.4. The van der Waals surface area contributed by atoms with E-state index in [0.717, 1.165) is 17.3 Å². The Kier molecular flexibility index (Phi) is 7.66. The van der Waals surface area contributed by atoms with Crippen LogP contribution in [0.2, 0.25) is 5.02 Å². The van der Waals surface area contributed by atoms with Gasteiger partial charge in [0, 0.05) is 10.6 Å². The zero-order chi connectivity index (χ0) is 20.8. The van der Waals surface area contributed by atoms with Gasteiger partial charge in [-0.05, 0) is 38.0 Å². The number of benzene rings is 2. The third-order valence-electron chi connectivity index (χ3n) is 4.34. The van der Waals surface area contributed by atoms with Crippen molar-refractivity contribution < 1.29 is 19.1 Å². The Balaban J connectivity index is 2.32. The van der Waals surface area contributed by atoms with Gasteiger partial charge in [-0.15, -0.1) is 0 Å². The summed E-state index contributed by atoms with van der Waals surface area (Å²) >= 11 is 7.14. The number of amides is 1. The molecule has 0 saturated carbocycles. The van der Waals surface area contributed by atoms with E-state index in [1.807, 2.05) is 13.0 Å². The largest absolute Gasteiger partial charge is 0.467 e. The second-order valence-electron chi connectivity index (χ2n) is 6.24. The van der Waals surface area contributed by atoms with Gasteiger partial charge in [-0.1, -0.05) is 59.8 Å². The summed E-state index contributed by atoms with van der Waals surface area (Å²) in [4.78, 5) is 38.9. The zero-order valence-electron chi connectivity index (χ0n) is 16.2. The summed E-state index contributed by atoms with van der Waals surface area (Å²) in [5.41, 5.74) is 2.56. The van der Waals surface area contributed by atoms with Crippen molar-refractivity contribution in [2.24, 2.45) is 0 Å². The highest BCUT2D eigenvalue weighted by Crippen LogP contribution is 2.32. The number of carbonyl (C=O) groups is 3. The molecule has 0 aliphatic carbocycles. The minimum Gasteiger partial charge on any atom is -0.467 e. The van der Waals surface area contributed by atoms with Crippen molar-refractivity contribution in [3.63, 3.8) is 0 Å². The number of nitrogens with zero attached hydrogens (tertiary/aromatic N) is 1. The molecule has 1 amide bonds. The van der Waals surface area contributed by atoms with Gasteiger partial charge in [0.25, 0.3) is 0 Å². The van der Waals surface area contributed by atoms with Crippen LogP contribution < -0.4 is 4.90 Å². The number of halogens is 1. The Morgan fingerprint density at radius 2 is 1.75 bits per heavy atom. The number of ether oxygens (including phenoxy) is 1. The van der Waals surface area contributed by atoms with Gasteiger partial charge in [0.2, 0.25) is 11.0 Å². The molecule has 0 saturated heterocycles. The van der Waals surface area contributed by atoms with Gasteiger partial charge in [-0.25, -0.2) is 4.79 Å². The Morgan fingerprint density at radius 1 is 1.11 bits per heavy atom. The molecule has 0 aliphatic heterocycles. The third kappa shape index (κ3) is 4.94. The maximum Gasteiger partial charge on any atom is 0.328 e. The lowest BCUT2D eigenvalue weighted by molar-refractivity contribution is -0.142. The van der Waals surface area contributed by atoms with Crippen LogP contribution in [0.1, 0.15) is 28.4 Å². The predicted molar refractivity (Wildman–Crippen MR) is 113 cm³/mol. The summed E-state index contributed by atoms with van der Waals surface area (Å²) < 4.78 is 4.83. The van der Waals surface area contributed by atoms with Gasteiger partial charge in [0.05, 0.1) is 18.6 Å². The molecule has 0 heterocycles. The van der Waals surface area contributed by atoms with Gasteiger partial charge in [0.15, 0.2) is 0 Å². The Morgan fingerprint density at radius 3 is 2.36 bits per heavy atom. The normalized spacial score (nSPS) is 11.6. The smallest absolute Gasteiger partial charge is 0.328 e. The average Bonchev–Trinajstić information content (AvgIpc) is 2.71. The van der Waals surface area contributed by atoms with E-state index >= 15 is 0 Å². The molecule has 0 N–H and O–H groups in total. The maximum atomic E-state index is 13.1. The lowest BCUT2D eigenvalue weighted by Gasteiger charge is -2.30. The first-order valence-electron chi connectivity index (χ1n) is 8.65. The molecule has 0 unspecified atom stereocenters. The fourth-order valence-corrected chi connectivity index (χ4v) is 3.70. The number of esters is 1. The molecule has 7 heteroatoms. The standard InChI is InChI=1S/C21H22ClNO4S/c1-13-10-11-17(22)14(2)19(13)23(15(3)20(25)27-4)18(24)12-28-21(26)16-8-6-5-7-9-16/h5-11,15H,12H2,1-4H3/t15-/m0/s1. The van der Waals surface area contributed by atoms with Gasteiger partial charge in [-0.2, -0.15) is 0 Å². The van der Waals surface area contributed by atoms with Crippen LogP contribution in [-0.4, -0.2) is 35.9 Å². The van der Waals surface area contributed by atoms with Crippen LogP contribution in [0.4, 0.5) is 5.69 Å². The van der Waals surface area contributed by atoms with Crippen molar-refractivity contribution in [1.82, 2.24) is 0 Å². The number of aryl methyl sites for hydroxylation is 1. The van der Waals surface area contributed by atoms with Crippen molar-refractivity contribution in [3.8, 4) is 0 Å². The van der Waals surface area contributed by atoms with Crippen LogP contribution in [0.3, 0.4) is 0 Å². The quantitative estimate of drug-likeness (QED) is 0.648. The second-order valence-corrected chi connectivity index (χ2v) is 7.60. The van der Waals surface area contributed by atoms with E-state index in [-0.39, 0.29) is 16.8 Å². The van der Waals surface area contributed by atoms with Crippen LogP contribution in [-0.2, 0) is 14.3 Å². The van der Waals surface area contributed by atoms with Crippen molar-refractivity contribution in [2.75, 3.05) is 17.8 Å². The van der Waals surface area contributed by atoms with Crippen molar-refractivity contribution in [1.29, 1.82) is 0 Å². The molecule has 28 heavy (non-hydrogen) atoms. The molecule has 2 aromatic carbocycles. The fraction of sp³-hybridized carbons (Fsp3) is 0.286. The number of thioether (sulfide) groups is 1. The first-order chi connectivity index (χ1) is 13.3. The van der Waals surface area contributed by atoms with Crippen LogP contribution in [0.5, 0.6) is 0 Å². The zero-order valence-corrected chi connectivity index (χ0v) is 17.8. The Labute approximate surface area is 174 Å². The first-order valence-corrected chi connectivity index (χ1v) is 10.0. The Hall–Kier alpha value is -2.31. The number of hydrogen-bond acceptors (Lipinski definition) is 5. The highest BCUT2D eigenvalue weighted by atomic mass is 35.5.